The van der Waals surface area contributed by atoms with Gasteiger partial charge in [0.1, 0.15) is 73.2 Å². The molecule has 0 saturated carbocycles. The van der Waals surface area contributed by atoms with Crippen molar-refractivity contribution >= 4 is 6.29 Å². The Bertz CT molecular complexity index is 623. The SMILES string of the molecule is O=C[C@H](O)[C@@H](O)[C@H](O)[C@H](O)CO[C@H]1O[C@H](CO[C@H]2O[C@H](CO)[C@@H](O)[C@H](O)[C@@H]2O)[C@@H](O)[C@H](O)[C@H]1O. The highest BCUT2D eigenvalue weighted by Gasteiger charge is 2.47. The number of aliphatic hydroxyl groups excluding tert-OH is 11. The van der Waals surface area contributed by atoms with Crippen LogP contribution in [0.5, 0.6) is 0 Å². The molecule has 0 unspecified atom stereocenters. The van der Waals surface area contributed by atoms with E-state index in [2.05, 4.69) is 0 Å². The quantitative estimate of drug-likeness (QED) is 0.117. The second-order valence-electron chi connectivity index (χ2n) is 8.05. The highest BCUT2D eigenvalue weighted by atomic mass is 16.7. The molecule has 0 aromatic carbocycles. The molecule has 34 heavy (non-hydrogen) atoms. The number of carbonyl (C=O) groups excluding carboxylic acids is 1. The van der Waals surface area contributed by atoms with Gasteiger partial charge in [0, 0.05) is 0 Å². The first-order valence-electron chi connectivity index (χ1n) is 10.4. The van der Waals surface area contributed by atoms with Crippen LogP contribution in [0.2, 0.25) is 0 Å². The second kappa shape index (κ2) is 12.9. The Hall–Kier alpha value is -0.930. The predicted octanol–water partition coefficient (Wildman–Crippen LogP) is -7.73. The van der Waals surface area contributed by atoms with Crippen molar-refractivity contribution < 1.29 is 79.9 Å². The minimum atomic E-state index is -2.04. The first-order valence-corrected chi connectivity index (χ1v) is 10.4. The molecule has 0 aliphatic carbocycles. The van der Waals surface area contributed by atoms with Gasteiger partial charge in [-0.15, -0.1) is 0 Å². The molecule has 2 saturated heterocycles. The Labute approximate surface area is 192 Å². The van der Waals surface area contributed by atoms with Crippen molar-refractivity contribution in [2.75, 3.05) is 19.8 Å². The minimum Gasteiger partial charge on any atom is -0.394 e. The fourth-order valence-corrected chi connectivity index (χ4v) is 3.39. The molecule has 0 amide bonds. The van der Waals surface area contributed by atoms with Gasteiger partial charge < -0.3 is 79.9 Å². The summed E-state index contributed by atoms with van der Waals surface area (Å²) in [7, 11) is 0. The lowest BCUT2D eigenvalue weighted by atomic mass is 9.98. The number of carbonyl (C=O) groups is 1. The molecular formula is C18H32O16. The summed E-state index contributed by atoms with van der Waals surface area (Å²) >= 11 is 0. The molecule has 200 valence electrons. The van der Waals surface area contributed by atoms with E-state index in [9.17, 15) is 61.0 Å². The fraction of sp³-hybridized carbons (Fsp3) is 0.944. The van der Waals surface area contributed by atoms with Crippen molar-refractivity contribution in [3.63, 3.8) is 0 Å². The molecule has 0 radical (unpaired) electrons. The average Bonchev–Trinajstić information content (AvgIpc) is 2.84. The Kier molecular flexibility index (Phi) is 11.1. The van der Waals surface area contributed by atoms with Gasteiger partial charge in [0.05, 0.1) is 19.8 Å². The lowest BCUT2D eigenvalue weighted by Crippen LogP contribution is -2.62. The number of ether oxygens (including phenoxy) is 4. The van der Waals surface area contributed by atoms with Gasteiger partial charge in [0.25, 0.3) is 0 Å². The predicted molar refractivity (Wildman–Crippen MR) is 102 cm³/mol. The lowest BCUT2D eigenvalue weighted by Gasteiger charge is -2.42. The zero-order valence-corrected chi connectivity index (χ0v) is 17.7. The highest BCUT2D eigenvalue weighted by molar-refractivity contribution is 5.56. The normalized spacial score (nSPS) is 42.6. The van der Waals surface area contributed by atoms with Crippen molar-refractivity contribution in [2.24, 2.45) is 0 Å². The zero-order chi connectivity index (χ0) is 25.7. The number of rotatable bonds is 11. The van der Waals surface area contributed by atoms with E-state index in [1.807, 2.05) is 0 Å². The molecule has 11 N–H and O–H groups in total. The summed E-state index contributed by atoms with van der Waals surface area (Å²) in [6.07, 6.45) is -24.4. The van der Waals surface area contributed by atoms with Gasteiger partial charge in [-0.3, -0.25) is 0 Å². The van der Waals surface area contributed by atoms with E-state index in [-0.39, 0.29) is 6.29 Å². The molecule has 2 fully saturated rings. The Balaban J connectivity index is 1.96. The van der Waals surface area contributed by atoms with Crippen LogP contribution >= 0.6 is 0 Å². The summed E-state index contributed by atoms with van der Waals surface area (Å²) in [6.45, 7) is -2.13. The van der Waals surface area contributed by atoms with Crippen LogP contribution in [0.25, 0.3) is 0 Å². The number of aliphatic hydroxyl groups is 11. The van der Waals surface area contributed by atoms with Gasteiger partial charge in [-0.05, 0) is 0 Å². The van der Waals surface area contributed by atoms with Crippen molar-refractivity contribution in [1.82, 2.24) is 0 Å². The van der Waals surface area contributed by atoms with Crippen LogP contribution in [0.3, 0.4) is 0 Å². The summed E-state index contributed by atoms with van der Waals surface area (Å²) in [6, 6.07) is 0. The molecule has 2 aliphatic heterocycles. The molecule has 0 bridgehead atoms. The Morgan fingerprint density at radius 3 is 1.74 bits per heavy atom. The van der Waals surface area contributed by atoms with Crippen molar-refractivity contribution in [1.29, 1.82) is 0 Å². The molecular weight excluding hydrogens is 472 g/mol. The van der Waals surface area contributed by atoms with Gasteiger partial charge in [-0.25, -0.2) is 0 Å². The van der Waals surface area contributed by atoms with Gasteiger partial charge in [0.2, 0.25) is 0 Å². The first kappa shape index (κ1) is 29.3. The lowest BCUT2D eigenvalue weighted by molar-refractivity contribution is -0.333. The van der Waals surface area contributed by atoms with Crippen molar-refractivity contribution in [3.8, 4) is 0 Å². The van der Waals surface area contributed by atoms with Crippen molar-refractivity contribution in [2.45, 2.75) is 85.8 Å². The minimum absolute atomic E-state index is 0.0623. The molecule has 14 atom stereocenters. The standard InChI is InChI=1S/C18H32O16/c19-1-5(21)9(23)10(24)6(22)3-31-17-16(30)14(28)12(26)8(34-17)4-32-18-15(29)13(27)11(25)7(2-20)33-18/h1,5-18,20-30H,2-4H2/t5-,6+,7+,8+,9+,10+,11+,12+,13-,14-,15-,16+,17-,18-/m0/s1. The average molecular weight is 504 g/mol. The highest BCUT2D eigenvalue weighted by Crippen LogP contribution is 2.26. The summed E-state index contributed by atoms with van der Waals surface area (Å²) in [5, 5.41) is 107. The molecule has 2 rings (SSSR count). The third-order valence-electron chi connectivity index (χ3n) is 5.61. The number of aldehydes is 1. The maximum Gasteiger partial charge on any atom is 0.186 e. The smallest absolute Gasteiger partial charge is 0.186 e. The summed E-state index contributed by atoms with van der Waals surface area (Å²) in [4.78, 5) is 10.5. The van der Waals surface area contributed by atoms with E-state index >= 15 is 0 Å². The second-order valence-corrected chi connectivity index (χ2v) is 8.05. The molecule has 2 aliphatic rings. The number of hydrogen-bond acceptors (Lipinski definition) is 16. The van der Waals surface area contributed by atoms with E-state index in [1.54, 1.807) is 0 Å². The Morgan fingerprint density at radius 1 is 0.706 bits per heavy atom. The van der Waals surface area contributed by atoms with Crippen LogP contribution in [0, 0.1) is 0 Å². The third kappa shape index (κ3) is 6.64. The van der Waals surface area contributed by atoms with E-state index in [0.29, 0.717) is 0 Å². The summed E-state index contributed by atoms with van der Waals surface area (Å²) in [5.41, 5.74) is 0. The third-order valence-corrected chi connectivity index (χ3v) is 5.61. The van der Waals surface area contributed by atoms with Crippen LogP contribution < -0.4 is 0 Å². The zero-order valence-electron chi connectivity index (χ0n) is 17.7. The van der Waals surface area contributed by atoms with E-state index in [0.717, 1.165) is 0 Å². The van der Waals surface area contributed by atoms with E-state index < -0.39 is 106 Å². The summed E-state index contributed by atoms with van der Waals surface area (Å²) < 4.78 is 20.8. The van der Waals surface area contributed by atoms with Crippen molar-refractivity contribution in [3.05, 3.63) is 0 Å². The van der Waals surface area contributed by atoms with Gasteiger partial charge >= 0.3 is 0 Å². The van der Waals surface area contributed by atoms with Gasteiger partial charge in [-0.2, -0.15) is 0 Å². The Morgan fingerprint density at radius 2 is 1.21 bits per heavy atom. The van der Waals surface area contributed by atoms with Crippen LogP contribution in [0.15, 0.2) is 0 Å². The molecule has 16 nitrogen and oxygen atoms in total. The van der Waals surface area contributed by atoms with Crippen LogP contribution in [-0.4, -0.2) is 168 Å². The van der Waals surface area contributed by atoms with Crippen LogP contribution in [-0.2, 0) is 23.7 Å². The van der Waals surface area contributed by atoms with Crippen LogP contribution in [0.4, 0.5) is 0 Å². The van der Waals surface area contributed by atoms with Gasteiger partial charge in [0.15, 0.2) is 18.9 Å². The molecule has 0 aromatic heterocycles. The molecule has 0 spiro atoms. The van der Waals surface area contributed by atoms with Crippen LogP contribution in [0.1, 0.15) is 0 Å². The summed E-state index contributed by atoms with van der Waals surface area (Å²) in [5.74, 6) is 0. The first-order chi connectivity index (χ1) is 15.9. The monoisotopic (exact) mass is 504 g/mol. The largest absolute Gasteiger partial charge is 0.394 e. The maximum atomic E-state index is 10.5. The molecule has 2 heterocycles. The fourth-order valence-electron chi connectivity index (χ4n) is 3.39. The topological polar surface area (TPSA) is 277 Å². The molecule has 0 aromatic rings. The van der Waals surface area contributed by atoms with E-state index in [4.69, 9.17) is 18.9 Å². The number of hydrogen-bond donors (Lipinski definition) is 11. The molecule has 16 heteroatoms. The maximum absolute atomic E-state index is 10.5. The van der Waals surface area contributed by atoms with Gasteiger partial charge in [-0.1, -0.05) is 0 Å². The van der Waals surface area contributed by atoms with E-state index in [1.165, 1.54) is 0 Å².